The molecule has 5 heteroatoms. The summed E-state index contributed by atoms with van der Waals surface area (Å²) in [6.45, 7) is 0.363. The molecule has 0 aliphatic rings. The molecule has 0 fully saturated rings. The summed E-state index contributed by atoms with van der Waals surface area (Å²) in [5.74, 6) is -1.06. The lowest BCUT2D eigenvalue weighted by Crippen LogP contribution is -2.28. The van der Waals surface area contributed by atoms with Gasteiger partial charge in [0, 0.05) is 11.6 Å². The van der Waals surface area contributed by atoms with E-state index in [-0.39, 0.29) is 5.91 Å². The van der Waals surface area contributed by atoms with Crippen LogP contribution >= 0.6 is 11.3 Å². The monoisotopic (exact) mass is 257 g/mol. The lowest BCUT2D eigenvalue weighted by molar-refractivity contribution is -0.121. The smallest absolute Gasteiger partial charge is 0.242 e. The molecule has 1 heterocycles. The Hall–Kier alpha value is -2.19. The maximum atomic E-state index is 11.9. The largest absolute Gasteiger partial charge is 0.348 e. The first-order valence-electron chi connectivity index (χ1n) is 5.42. The third-order valence-electron chi connectivity index (χ3n) is 2.42. The van der Waals surface area contributed by atoms with E-state index in [1.165, 1.54) is 11.3 Å². The van der Waals surface area contributed by atoms with E-state index in [1.54, 1.807) is 18.3 Å². The lowest BCUT2D eigenvalue weighted by Gasteiger charge is -2.09. The van der Waals surface area contributed by atoms with Crippen LogP contribution in [-0.4, -0.2) is 10.9 Å². The summed E-state index contributed by atoms with van der Waals surface area (Å²) in [4.78, 5) is 16.0. The van der Waals surface area contributed by atoms with E-state index in [0.717, 1.165) is 5.01 Å². The van der Waals surface area contributed by atoms with Crippen LogP contribution in [0, 0.1) is 11.3 Å². The average Bonchev–Trinajstić information content (AvgIpc) is 2.92. The first-order chi connectivity index (χ1) is 8.81. The highest BCUT2D eigenvalue weighted by atomic mass is 32.1. The van der Waals surface area contributed by atoms with Crippen LogP contribution in [0.1, 0.15) is 16.5 Å². The average molecular weight is 257 g/mol. The molecule has 0 bridgehead atoms. The van der Waals surface area contributed by atoms with Crippen LogP contribution in [0.5, 0.6) is 0 Å². The van der Waals surface area contributed by atoms with Gasteiger partial charge in [0.1, 0.15) is 10.9 Å². The molecule has 0 spiro atoms. The standard InChI is InChI=1S/C13H11N3OS/c14-8-11(10-4-2-1-3-5-10)13(17)16-9-12-15-6-7-18-12/h1-7,11H,9H2,(H,16,17). The molecule has 0 radical (unpaired) electrons. The van der Waals surface area contributed by atoms with E-state index in [4.69, 9.17) is 5.26 Å². The summed E-state index contributed by atoms with van der Waals surface area (Å²) < 4.78 is 0. The van der Waals surface area contributed by atoms with E-state index in [1.807, 2.05) is 29.6 Å². The Bertz CT molecular complexity index is 545. The quantitative estimate of drug-likeness (QED) is 0.911. The molecule has 2 rings (SSSR count). The SMILES string of the molecule is N#CC(C(=O)NCc1nccs1)c1ccccc1. The van der Waals surface area contributed by atoms with Gasteiger partial charge in [-0.15, -0.1) is 11.3 Å². The highest BCUT2D eigenvalue weighted by molar-refractivity contribution is 7.09. The summed E-state index contributed by atoms with van der Waals surface area (Å²) >= 11 is 1.47. The van der Waals surface area contributed by atoms with Crippen molar-refractivity contribution in [3.8, 4) is 6.07 Å². The first kappa shape index (κ1) is 12.3. The van der Waals surface area contributed by atoms with Crippen LogP contribution in [0.2, 0.25) is 0 Å². The molecule has 1 aromatic carbocycles. The van der Waals surface area contributed by atoms with Crippen molar-refractivity contribution in [3.05, 3.63) is 52.5 Å². The Morgan fingerprint density at radius 1 is 1.44 bits per heavy atom. The van der Waals surface area contributed by atoms with Crippen molar-refractivity contribution < 1.29 is 4.79 Å². The molecule has 1 atom stereocenters. The normalized spacial score (nSPS) is 11.5. The van der Waals surface area contributed by atoms with Crippen LogP contribution < -0.4 is 5.32 Å². The number of benzene rings is 1. The zero-order valence-electron chi connectivity index (χ0n) is 9.54. The Morgan fingerprint density at radius 2 is 2.22 bits per heavy atom. The van der Waals surface area contributed by atoms with E-state index < -0.39 is 5.92 Å². The number of nitrogens with zero attached hydrogens (tertiary/aromatic N) is 2. The minimum absolute atomic E-state index is 0.293. The number of carbonyl (C=O) groups excluding carboxylic acids is 1. The van der Waals surface area contributed by atoms with Gasteiger partial charge < -0.3 is 5.32 Å². The lowest BCUT2D eigenvalue weighted by atomic mass is 10.00. The van der Waals surface area contributed by atoms with E-state index in [9.17, 15) is 4.79 Å². The zero-order chi connectivity index (χ0) is 12.8. The Morgan fingerprint density at radius 3 is 2.83 bits per heavy atom. The summed E-state index contributed by atoms with van der Waals surface area (Å²) in [7, 11) is 0. The molecule has 18 heavy (non-hydrogen) atoms. The zero-order valence-corrected chi connectivity index (χ0v) is 10.4. The van der Waals surface area contributed by atoms with Crippen molar-refractivity contribution in [3.63, 3.8) is 0 Å². The molecule has 1 amide bonds. The summed E-state index contributed by atoms with van der Waals surface area (Å²) in [5.41, 5.74) is 0.705. The van der Waals surface area contributed by atoms with E-state index >= 15 is 0 Å². The minimum atomic E-state index is -0.772. The third kappa shape index (κ3) is 2.93. The number of amides is 1. The molecule has 1 N–H and O–H groups in total. The maximum absolute atomic E-state index is 11.9. The van der Waals surface area contributed by atoms with Crippen molar-refractivity contribution in [1.82, 2.24) is 10.3 Å². The fourth-order valence-corrected chi connectivity index (χ4v) is 2.09. The molecule has 4 nitrogen and oxygen atoms in total. The van der Waals surface area contributed by atoms with Gasteiger partial charge >= 0.3 is 0 Å². The highest BCUT2D eigenvalue weighted by Gasteiger charge is 2.19. The van der Waals surface area contributed by atoms with Crippen LogP contribution in [0.3, 0.4) is 0 Å². The predicted octanol–water partition coefficient (Wildman–Crippen LogP) is 2.07. The number of carbonyl (C=O) groups is 1. The van der Waals surface area contributed by atoms with E-state index in [2.05, 4.69) is 10.3 Å². The molecule has 1 aromatic heterocycles. The van der Waals surface area contributed by atoms with Crippen molar-refractivity contribution in [2.75, 3.05) is 0 Å². The molecule has 2 aromatic rings. The van der Waals surface area contributed by atoms with Gasteiger partial charge in [-0.1, -0.05) is 30.3 Å². The number of thiazole rings is 1. The molecular formula is C13H11N3OS. The number of aromatic nitrogens is 1. The van der Waals surface area contributed by atoms with Gasteiger partial charge in [-0.3, -0.25) is 4.79 Å². The maximum Gasteiger partial charge on any atom is 0.242 e. The van der Waals surface area contributed by atoms with Crippen LogP contribution in [0.25, 0.3) is 0 Å². The summed E-state index contributed by atoms with van der Waals surface area (Å²) in [5, 5.41) is 14.5. The number of rotatable bonds is 4. The van der Waals surface area contributed by atoms with Crippen LogP contribution in [-0.2, 0) is 11.3 Å². The number of nitrogens with one attached hydrogen (secondary N) is 1. The number of hydrogen-bond acceptors (Lipinski definition) is 4. The number of nitriles is 1. The van der Waals surface area contributed by atoms with Crippen molar-refractivity contribution >= 4 is 17.2 Å². The minimum Gasteiger partial charge on any atom is -0.348 e. The molecule has 1 unspecified atom stereocenters. The van der Waals surface area contributed by atoms with Gasteiger partial charge in [0.2, 0.25) is 5.91 Å². The molecule has 0 saturated heterocycles. The predicted molar refractivity (Wildman–Crippen MR) is 68.8 cm³/mol. The molecule has 0 saturated carbocycles. The molecule has 0 aliphatic heterocycles. The Kier molecular flexibility index (Phi) is 4.05. The highest BCUT2D eigenvalue weighted by Crippen LogP contribution is 2.14. The summed E-state index contributed by atoms with van der Waals surface area (Å²) in [6.07, 6.45) is 1.69. The van der Waals surface area contributed by atoms with Gasteiger partial charge in [-0.2, -0.15) is 5.26 Å². The summed E-state index contributed by atoms with van der Waals surface area (Å²) in [6, 6.07) is 11.0. The molecule has 90 valence electrons. The fraction of sp³-hybridized carbons (Fsp3) is 0.154. The van der Waals surface area contributed by atoms with Crippen molar-refractivity contribution in [2.24, 2.45) is 0 Å². The second-order valence-electron chi connectivity index (χ2n) is 3.62. The van der Waals surface area contributed by atoms with Crippen LogP contribution in [0.4, 0.5) is 0 Å². The third-order valence-corrected chi connectivity index (χ3v) is 3.20. The van der Waals surface area contributed by atoms with Gasteiger partial charge in [-0.25, -0.2) is 4.98 Å². The molecule has 0 aliphatic carbocycles. The van der Waals surface area contributed by atoms with Gasteiger partial charge in [0.15, 0.2) is 0 Å². The Labute approximate surface area is 109 Å². The first-order valence-corrected chi connectivity index (χ1v) is 6.30. The van der Waals surface area contributed by atoms with Gasteiger partial charge in [0.05, 0.1) is 12.6 Å². The Balaban J connectivity index is 2.01. The second kappa shape index (κ2) is 5.94. The van der Waals surface area contributed by atoms with Crippen molar-refractivity contribution in [2.45, 2.75) is 12.5 Å². The second-order valence-corrected chi connectivity index (χ2v) is 4.60. The van der Waals surface area contributed by atoms with Gasteiger partial charge in [-0.05, 0) is 5.56 Å². The van der Waals surface area contributed by atoms with E-state index in [0.29, 0.717) is 12.1 Å². The number of hydrogen-bond donors (Lipinski definition) is 1. The van der Waals surface area contributed by atoms with Crippen molar-refractivity contribution in [1.29, 1.82) is 5.26 Å². The molecular weight excluding hydrogens is 246 g/mol. The van der Waals surface area contributed by atoms with Gasteiger partial charge in [0.25, 0.3) is 0 Å². The fourth-order valence-electron chi connectivity index (χ4n) is 1.54. The topological polar surface area (TPSA) is 65.8 Å². The van der Waals surface area contributed by atoms with Crippen LogP contribution in [0.15, 0.2) is 41.9 Å².